The Labute approximate surface area is 104 Å². The van der Waals surface area contributed by atoms with Crippen LogP contribution in [0, 0.1) is 0 Å². The Morgan fingerprint density at radius 3 is 2.94 bits per heavy atom. The maximum atomic E-state index is 11.2. The Morgan fingerprint density at radius 1 is 1.39 bits per heavy atom. The van der Waals surface area contributed by atoms with Crippen LogP contribution in [0.5, 0.6) is 0 Å². The van der Waals surface area contributed by atoms with Gasteiger partial charge in [-0.2, -0.15) is 0 Å². The van der Waals surface area contributed by atoms with Crippen LogP contribution >= 0.6 is 0 Å². The first-order valence-corrected chi connectivity index (χ1v) is 5.79. The lowest BCUT2D eigenvalue weighted by Crippen LogP contribution is -2.09. The predicted octanol–water partition coefficient (Wildman–Crippen LogP) is 1.22. The second kappa shape index (κ2) is 5.50. The molecule has 0 unspecified atom stereocenters. The number of pyridine rings is 1. The van der Waals surface area contributed by atoms with Gasteiger partial charge in [0.2, 0.25) is 0 Å². The van der Waals surface area contributed by atoms with Crippen LogP contribution in [0.1, 0.15) is 23.3 Å². The first-order valence-electron chi connectivity index (χ1n) is 5.79. The van der Waals surface area contributed by atoms with Crippen LogP contribution in [-0.2, 0) is 0 Å². The van der Waals surface area contributed by atoms with Gasteiger partial charge in [-0.3, -0.25) is 4.40 Å². The molecule has 0 aliphatic heterocycles. The van der Waals surface area contributed by atoms with Crippen LogP contribution in [0.2, 0.25) is 0 Å². The summed E-state index contributed by atoms with van der Waals surface area (Å²) in [5.74, 6) is -0.648. The first-order chi connectivity index (χ1) is 8.74. The van der Waals surface area contributed by atoms with E-state index in [-0.39, 0.29) is 12.3 Å². The summed E-state index contributed by atoms with van der Waals surface area (Å²) >= 11 is 0. The Morgan fingerprint density at radius 2 is 2.22 bits per heavy atom. The number of hydrogen-bond acceptors (Lipinski definition) is 4. The van der Waals surface area contributed by atoms with Gasteiger partial charge in [-0.1, -0.05) is 6.07 Å². The van der Waals surface area contributed by atoms with Gasteiger partial charge in [0.25, 0.3) is 0 Å². The number of carboxylic acids is 1. The topological polar surface area (TPSA) is 86.9 Å². The molecule has 96 valence electrons. The average molecular weight is 249 g/mol. The third-order valence-corrected chi connectivity index (χ3v) is 2.61. The highest BCUT2D eigenvalue weighted by atomic mass is 16.4. The third-order valence-electron chi connectivity index (χ3n) is 2.61. The molecule has 0 fully saturated rings. The number of aliphatic hydroxyl groups excluding tert-OH is 1. The highest BCUT2D eigenvalue weighted by Crippen LogP contribution is 2.17. The fourth-order valence-corrected chi connectivity index (χ4v) is 1.77. The number of unbranched alkanes of at least 4 members (excludes halogenated alkanes) is 1. The molecule has 2 heterocycles. The number of fused-ring (bicyclic) bond motifs is 1. The molecular weight excluding hydrogens is 234 g/mol. The highest BCUT2D eigenvalue weighted by Gasteiger charge is 2.17. The van der Waals surface area contributed by atoms with Crippen LogP contribution < -0.4 is 5.32 Å². The summed E-state index contributed by atoms with van der Waals surface area (Å²) < 4.78 is 1.54. The quantitative estimate of drug-likeness (QED) is 0.670. The molecule has 0 saturated carbocycles. The standard InChI is InChI=1S/C12H15N3O3/c16-8-4-2-6-13-11-10(12(17)18)15-7-3-1-5-9(15)14-11/h1,3,5,7,13,16H,2,4,6,8H2,(H,17,18). The van der Waals surface area contributed by atoms with Crippen molar-refractivity contribution in [3.05, 3.63) is 30.1 Å². The van der Waals surface area contributed by atoms with E-state index in [1.807, 2.05) is 6.07 Å². The maximum Gasteiger partial charge on any atom is 0.356 e. The van der Waals surface area contributed by atoms with Gasteiger partial charge in [0.05, 0.1) is 0 Å². The van der Waals surface area contributed by atoms with Gasteiger partial charge in [0.1, 0.15) is 5.65 Å². The van der Waals surface area contributed by atoms with Crippen molar-refractivity contribution in [1.29, 1.82) is 0 Å². The van der Waals surface area contributed by atoms with Gasteiger partial charge in [0.15, 0.2) is 11.5 Å². The molecule has 0 bridgehead atoms. The third kappa shape index (κ3) is 2.43. The van der Waals surface area contributed by atoms with E-state index in [4.69, 9.17) is 5.11 Å². The van der Waals surface area contributed by atoms with Crippen molar-refractivity contribution in [3.8, 4) is 0 Å². The molecular formula is C12H15N3O3. The summed E-state index contributed by atoms with van der Waals surface area (Å²) in [6, 6.07) is 5.32. The molecule has 0 radical (unpaired) electrons. The minimum Gasteiger partial charge on any atom is -0.476 e. The van der Waals surface area contributed by atoms with Crippen LogP contribution in [0.3, 0.4) is 0 Å². The molecule has 0 aromatic carbocycles. The molecule has 2 rings (SSSR count). The fourth-order valence-electron chi connectivity index (χ4n) is 1.77. The van der Waals surface area contributed by atoms with E-state index in [2.05, 4.69) is 10.3 Å². The summed E-state index contributed by atoms with van der Waals surface area (Å²) in [5, 5.41) is 20.9. The van der Waals surface area contributed by atoms with Crippen molar-refractivity contribution >= 4 is 17.4 Å². The number of aliphatic hydroxyl groups is 1. The lowest BCUT2D eigenvalue weighted by atomic mass is 10.3. The highest BCUT2D eigenvalue weighted by molar-refractivity contribution is 5.92. The molecule has 6 nitrogen and oxygen atoms in total. The van der Waals surface area contributed by atoms with Crippen LogP contribution in [0.25, 0.3) is 5.65 Å². The zero-order valence-electron chi connectivity index (χ0n) is 9.83. The lowest BCUT2D eigenvalue weighted by molar-refractivity contribution is 0.0690. The number of aromatic nitrogens is 2. The largest absolute Gasteiger partial charge is 0.476 e. The molecule has 3 N–H and O–H groups in total. The van der Waals surface area contributed by atoms with Crippen molar-refractivity contribution < 1.29 is 15.0 Å². The van der Waals surface area contributed by atoms with Crippen molar-refractivity contribution in [3.63, 3.8) is 0 Å². The predicted molar refractivity (Wildman–Crippen MR) is 67.0 cm³/mol. The van der Waals surface area contributed by atoms with Crippen LogP contribution in [0.15, 0.2) is 24.4 Å². The molecule has 0 atom stereocenters. The smallest absolute Gasteiger partial charge is 0.356 e. The Hall–Kier alpha value is -2.08. The van der Waals surface area contributed by atoms with Crippen LogP contribution in [-0.4, -0.2) is 38.7 Å². The SMILES string of the molecule is O=C(O)c1c(NCCCCO)nc2ccccn12. The van der Waals surface area contributed by atoms with Crippen LogP contribution in [0.4, 0.5) is 5.82 Å². The first kappa shape index (κ1) is 12.4. The van der Waals surface area contributed by atoms with Gasteiger partial charge in [-0.05, 0) is 25.0 Å². The van der Waals surface area contributed by atoms with Gasteiger partial charge < -0.3 is 15.5 Å². The van der Waals surface area contributed by atoms with E-state index < -0.39 is 5.97 Å². The van der Waals surface area contributed by atoms with Crippen molar-refractivity contribution in [2.24, 2.45) is 0 Å². The van der Waals surface area contributed by atoms with Crippen molar-refractivity contribution in [2.45, 2.75) is 12.8 Å². The van der Waals surface area contributed by atoms with E-state index in [1.165, 1.54) is 4.40 Å². The Kier molecular flexibility index (Phi) is 3.78. The number of nitrogens with zero attached hydrogens (tertiary/aromatic N) is 2. The Balaban J connectivity index is 2.25. The molecule has 6 heteroatoms. The number of nitrogens with one attached hydrogen (secondary N) is 1. The summed E-state index contributed by atoms with van der Waals surface area (Å²) in [6.07, 6.45) is 3.12. The second-order valence-corrected chi connectivity index (χ2v) is 3.90. The van der Waals surface area contributed by atoms with Crippen molar-refractivity contribution in [1.82, 2.24) is 9.38 Å². The van der Waals surface area contributed by atoms with Crippen molar-refractivity contribution in [2.75, 3.05) is 18.5 Å². The number of carbonyl (C=O) groups is 1. The summed E-state index contributed by atoms with van der Waals surface area (Å²) in [4.78, 5) is 15.5. The second-order valence-electron chi connectivity index (χ2n) is 3.90. The van der Waals surface area contributed by atoms with E-state index in [9.17, 15) is 9.90 Å². The number of rotatable bonds is 6. The lowest BCUT2D eigenvalue weighted by Gasteiger charge is -2.03. The van der Waals surface area contributed by atoms with Gasteiger partial charge in [-0.15, -0.1) is 0 Å². The summed E-state index contributed by atoms with van der Waals surface area (Å²) in [6.45, 7) is 0.726. The van der Waals surface area contributed by atoms with Gasteiger partial charge in [0, 0.05) is 19.3 Å². The average Bonchev–Trinajstić information content (AvgIpc) is 2.73. The van der Waals surface area contributed by atoms with E-state index >= 15 is 0 Å². The fraction of sp³-hybridized carbons (Fsp3) is 0.333. The number of aromatic carboxylic acids is 1. The normalized spacial score (nSPS) is 10.7. The van der Waals surface area contributed by atoms with Gasteiger partial charge in [-0.25, -0.2) is 9.78 Å². The molecule has 0 aliphatic rings. The van der Waals surface area contributed by atoms with E-state index in [0.29, 0.717) is 24.4 Å². The molecule has 0 spiro atoms. The number of hydrogen-bond donors (Lipinski definition) is 3. The Bertz CT molecular complexity index is 550. The molecule has 0 amide bonds. The summed E-state index contributed by atoms with van der Waals surface area (Å²) in [7, 11) is 0. The number of carboxylic acid groups (broad SMARTS) is 1. The molecule has 18 heavy (non-hydrogen) atoms. The molecule has 0 aliphatic carbocycles. The molecule has 2 aromatic heterocycles. The molecule has 0 saturated heterocycles. The minimum atomic E-state index is -1.02. The summed E-state index contributed by atoms with van der Waals surface area (Å²) in [5.41, 5.74) is 0.731. The zero-order chi connectivity index (χ0) is 13.0. The maximum absolute atomic E-state index is 11.2. The van der Waals surface area contributed by atoms with Gasteiger partial charge >= 0.3 is 5.97 Å². The number of imidazole rings is 1. The van der Waals surface area contributed by atoms with E-state index in [1.54, 1.807) is 18.3 Å². The monoisotopic (exact) mass is 249 g/mol. The van der Waals surface area contributed by atoms with E-state index in [0.717, 1.165) is 6.42 Å². The minimum absolute atomic E-state index is 0.134. The number of anilines is 1. The zero-order valence-corrected chi connectivity index (χ0v) is 9.83. The molecule has 2 aromatic rings.